The van der Waals surface area contributed by atoms with Gasteiger partial charge in [-0.25, -0.2) is 4.79 Å². The molecule has 2 aliphatic heterocycles. The molecule has 3 unspecified atom stereocenters. The Hall–Kier alpha value is -1.02. The number of rotatable bonds is 5. The van der Waals surface area contributed by atoms with E-state index in [4.69, 9.17) is 0 Å². The SMILES string of the molecule is CCC1C(N2CCC(N(CC)CC(F)(F)F)CC2)CC12CCN(C(=O)O)C2. The van der Waals surface area contributed by atoms with Crippen LogP contribution in [0.15, 0.2) is 0 Å². The van der Waals surface area contributed by atoms with Crippen LogP contribution in [0.5, 0.6) is 0 Å². The number of hydrogen-bond donors (Lipinski definition) is 1. The van der Waals surface area contributed by atoms with Gasteiger partial charge in [0.05, 0.1) is 6.54 Å². The molecule has 3 fully saturated rings. The number of carbonyl (C=O) groups is 1. The molecule has 3 atom stereocenters. The van der Waals surface area contributed by atoms with Gasteiger partial charge in [-0.1, -0.05) is 20.3 Å². The van der Waals surface area contributed by atoms with Crippen molar-refractivity contribution >= 4 is 6.09 Å². The lowest BCUT2D eigenvalue weighted by molar-refractivity contribution is -0.154. The molecule has 2 heterocycles. The summed E-state index contributed by atoms with van der Waals surface area (Å²) in [7, 11) is 0. The van der Waals surface area contributed by atoms with Crippen LogP contribution in [0.3, 0.4) is 0 Å². The summed E-state index contributed by atoms with van der Waals surface area (Å²) in [5.74, 6) is 0.496. The fraction of sp³-hybridized carbons (Fsp3) is 0.947. The molecule has 0 radical (unpaired) electrons. The second-order valence-electron chi connectivity index (χ2n) is 8.55. The number of piperidine rings is 1. The number of hydrogen-bond acceptors (Lipinski definition) is 3. The number of halogens is 3. The molecule has 1 spiro atoms. The first-order valence-corrected chi connectivity index (χ1v) is 10.2. The Bertz CT molecular complexity index is 537. The van der Waals surface area contributed by atoms with Crippen LogP contribution in [0.1, 0.15) is 46.0 Å². The summed E-state index contributed by atoms with van der Waals surface area (Å²) in [5, 5.41) is 9.25. The van der Waals surface area contributed by atoms with Gasteiger partial charge in [-0.2, -0.15) is 13.2 Å². The van der Waals surface area contributed by atoms with E-state index >= 15 is 0 Å². The molecule has 0 aromatic carbocycles. The third-order valence-corrected chi connectivity index (χ3v) is 7.24. The third-order valence-electron chi connectivity index (χ3n) is 7.24. The van der Waals surface area contributed by atoms with E-state index < -0.39 is 18.8 Å². The van der Waals surface area contributed by atoms with Gasteiger partial charge >= 0.3 is 12.3 Å². The van der Waals surface area contributed by atoms with E-state index in [-0.39, 0.29) is 11.5 Å². The zero-order chi connectivity index (χ0) is 19.8. The minimum atomic E-state index is -4.14. The predicted octanol–water partition coefficient (Wildman–Crippen LogP) is 3.50. The molecule has 156 valence electrons. The summed E-state index contributed by atoms with van der Waals surface area (Å²) in [6.07, 6.45) is -0.391. The van der Waals surface area contributed by atoms with Gasteiger partial charge in [0.1, 0.15) is 0 Å². The first kappa shape index (κ1) is 20.7. The van der Waals surface area contributed by atoms with Crippen molar-refractivity contribution in [3.05, 3.63) is 0 Å². The molecule has 2 saturated heterocycles. The van der Waals surface area contributed by atoms with Crippen molar-refractivity contribution in [3.8, 4) is 0 Å². The van der Waals surface area contributed by atoms with Crippen molar-refractivity contribution in [2.75, 3.05) is 39.3 Å². The molecule has 1 aliphatic carbocycles. The van der Waals surface area contributed by atoms with Gasteiger partial charge in [-0.3, -0.25) is 9.80 Å². The summed E-state index contributed by atoms with van der Waals surface area (Å²) in [5.41, 5.74) is 0.125. The average molecular weight is 391 g/mol. The third kappa shape index (κ3) is 4.21. The summed E-state index contributed by atoms with van der Waals surface area (Å²) in [4.78, 5) is 16.8. The van der Waals surface area contributed by atoms with Crippen molar-refractivity contribution in [2.45, 2.75) is 64.2 Å². The quantitative estimate of drug-likeness (QED) is 0.779. The number of nitrogens with zero attached hydrogens (tertiary/aromatic N) is 3. The van der Waals surface area contributed by atoms with Crippen LogP contribution in [-0.4, -0.2) is 83.4 Å². The van der Waals surface area contributed by atoms with E-state index in [1.807, 2.05) is 0 Å². The van der Waals surface area contributed by atoms with E-state index in [9.17, 15) is 23.1 Å². The molecular formula is C19H32F3N3O2. The number of carboxylic acid groups (broad SMARTS) is 1. The van der Waals surface area contributed by atoms with Gasteiger partial charge < -0.3 is 10.0 Å². The summed E-state index contributed by atoms with van der Waals surface area (Å²) in [6, 6.07) is 0.471. The standard InChI is InChI=1S/C19H32F3N3O2/c1-3-15-16(11-18(15)7-10-25(12-18)17(26)27)24-8-5-14(6-9-24)23(4-2)13-19(20,21)22/h14-16H,3-13H2,1-2H3,(H,26,27). The molecule has 3 rings (SSSR count). The number of likely N-dealkylation sites (tertiary alicyclic amines) is 2. The first-order valence-electron chi connectivity index (χ1n) is 10.2. The van der Waals surface area contributed by atoms with Gasteiger partial charge in [0.15, 0.2) is 0 Å². The highest BCUT2D eigenvalue weighted by atomic mass is 19.4. The Kier molecular flexibility index (Phi) is 5.96. The second-order valence-corrected chi connectivity index (χ2v) is 8.55. The molecule has 0 aromatic rings. The molecule has 8 heteroatoms. The van der Waals surface area contributed by atoms with Gasteiger partial charge in [0, 0.05) is 25.2 Å². The van der Waals surface area contributed by atoms with E-state index in [0.717, 1.165) is 45.2 Å². The lowest BCUT2D eigenvalue weighted by Gasteiger charge is -2.58. The van der Waals surface area contributed by atoms with Crippen LogP contribution >= 0.6 is 0 Å². The maximum absolute atomic E-state index is 12.8. The van der Waals surface area contributed by atoms with Crippen LogP contribution in [-0.2, 0) is 0 Å². The lowest BCUT2D eigenvalue weighted by Crippen LogP contribution is -2.62. The Balaban J connectivity index is 1.54. The smallest absolute Gasteiger partial charge is 0.407 e. The Morgan fingerprint density at radius 3 is 2.37 bits per heavy atom. The van der Waals surface area contributed by atoms with Gasteiger partial charge in [-0.15, -0.1) is 0 Å². The fourth-order valence-electron chi connectivity index (χ4n) is 5.89. The van der Waals surface area contributed by atoms with Crippen molar-refractivity contribution in [1.82, 2.24) is 14.7 Å². The van der Waals surface area contributed by atoms with Gasteiger partial charge in [0.25, 0.3) is 0 Å². The maximum Gasteiger partial charge on any atom is 0.407 e. The van der Waals surface area contributed by atoms with E-state index in [0.29, 0.717) is 31.6 Å². The highest BCUT2D eigenvalue weighted by Gasteiger charge is 2.58. The largest absolute Gasteiger partial charge is 0.465 e. The maximum atomic E-state index is 12.8. The van der Waals surface area contributed by atoms with E-state index in [1.54, 1.807) is 16.7 Å². The monoisotopic (exact) mass is 391 g/mol. The fourth-order valence-corrected chi connectivity index (χ4v) is 5.89. The zero-order valence-corrected chi connectivity index (χ0v) is 16.3. The zero-order valence-electron chi connectivity index (χ0n) is 16.3. The molecule has 0 aromatic heterocycles. The van der Waals surface area contributed by atoms with E-state index in [2.05, 4.69) is 11.8 Å². The summed E-state index contributed by atoms with van der Waals surface area (Å²) >= 11 is 0. The van der Waals surface area contributed by atoms with Crippen molar-refractivity contribution in [2.24, 2.45) is 11.3 Å². The van der Waals surface area contributed by atoms with Crippen LogP contribution in [0.25, 0.3) is 0 Å². The normalized spacial score (nSPS) is 33.0. The molecule has 3 aliphatic rings. The minimum Gasteiger partial charge on any atom is -0.465 e. The lowest BCUT2D eigenvalue weighted by atomic mass is 9.54. The molecule has 1 amide bonds. The van der Waals surface area contributed by atoms with Crippen molar-refractivity contribution in [3.63, 3.8) is 0 Å². The molecule has 0 bridgehead atoms. The Morgan fingerprint density at radius 2 is 1.89 bits per heavy atom. The highest BCUT2D eigenvalue weighted by molar-refractivity contribution is 5.65. The second kappa shape index (κ2) is 7.78. The molecule has 1 N–H and O–H groups in total. The minimum absolute atomic E-state index is 0.0102. The molecule has 5 nitrogen and oxygen atoms in total. The summed E-state index contributed by atoms with van der Waals surface area (Å²) < 4.78 is 38.3. The van der Waals surface area contributed by atoms with Crippen LogP contribution in [0, 0.1) is 11.3 Å². The van der Waals surface area contributed by atoms with Crippen molar-refractivity contribution in [1.29, 1.82) is 0 Å². The van der Waals surface area contributed by atoms with Gasteiger partial charge in [-0.05, 0) is 56.7 Å². The number of amides is 1. The highest BCUT2D eigenvalue weighted by Crippen LogP contribution is 2.56. The topological polar surface area (TPSA) is 47.0 Å². The average Bonchev–Trinajstić information content (AvgIpc) is 3.05. The Morgan fingerprint density at radius 1 is 1.22 bits per heavy atom. The van der Waals surface area contributed by atoms with Crippen LogP contribution in [0.4, 0.5) is 18.0 Å². The molecule has 1 saturated carbocycles. The van der Waals surface area contributed by atoms with Crippen molar-refractivity contribution < 1.29 is 23.1 Å². The van der Waals surface area contributed by atoms with Crippen LogP contribution in [0.2, 0.25) is 0 Å². The predicted molar refractivity (Wildman–Crippen MR) is 96.7 cm³/mol. The molecular weight excluding hydrogens is 359 g/mol. The first-order chi connectivity index (χ1) is 12.7. The summed E-state index contributed by atoms with van der Waals surface area (Å²) in [6.45, 7) is 6.55. The molecule has 27 heavy (non-hydrogen) atoms. The Labute approximate surface area is 159 Å². The van der Waals surface area contributed by atoms with Crippen LogP contribution < -0.4 is 0 Å². The van der Waals surface area contributed by atoms with E-state index in [1.165, 1.54) is 0 Å². The number of alkyl halides is 3. The van der Waals surface area contributed by atoms with Gasteiger partial charge in [0.2, 0.25) is 0 Å².